The lowest BCUT2D eigenvalue weighted by Gasteiger charge is -2.28. The van der Waals surface area contributed by atoms with E-state index in [1.54, 1.807) is 0 Å². The van der Waals surface area contributed by atoms with Crippen LogP contribution in [0, 0.1) is 0 Å². The van der Waals surface area contributed by atoms with Gasteiger partial charge in [-0.05, 0) is 17.7 Å². The van der Waals surface area contributed by atoms with E-state index in [0.717, 1.165) is 5.33 Å². The zero-order valence-corrected chi connectivity index (χ0v) is 12.4. The Morgan fingerprint density at radius 1 is 1.27 bits per heavy atom. The van der Waals surface area contributed by atoms with Crippen molar-refractivity contribution in [2.45, 2.75) is 5.33 Å². The third-order valence-electron chi connectivity index (χ3n) is 2.56. The van der Waals surface area contributed by atoms with Gasteiger partial charge in [0.15, 0.2) is 0 Å². The van der Waals surface area contributed by atoms with E-state index >= 15 is 0 Å². The Bertz CT molecular complexity index is 337. The molecule has 1 fully saturated rings. The molecule has 0 aromatic heterocycles. The molecule has 0 aliphatic carbocycles. The van der Waals surface area contributed by atoms with Crippen molar-refractivity contribution < 1.29 is 0 Å². The summed E-state index contributed by atoms with van der Waals surface area (Å²) in [5.41, 5.74) is 2.65. The average Bonchev–Trinajstić information content (AvgIpc) is 2.30. The van der Waals surface area contributed by atoms with Crippen LogP contribution in [0.3, 0.4) is 0 Å². The molecule has 1 aromatic rings. The molecule has 2 rings (SSSR count). The van der Waals surface area contributed by atoms with Gasteiger partial charge < -0.3 is 4.90 Å². The molecule has 1 nitrogen and oxygen atoms in total. The van der Waals surface area contributed by atoms with E-state index in [2.05, 4.69) is 55.0 Å². The first-order valence-electron chi connectivity index (χ1n) is 4.98. The normalized spacial score (nSPS) is 16.8. The number of anilines is 1. The van der Waals surface area contributed by atoms with E-state index in [1.165, 1.54) is 40.3 Å². The maximum Gasteiger partial charge on any atom is 0.0378 e. The molecule has 1 aliphatic heterocycles. The summed E-state index contributed by atoms with van der Waals surface area (Å²) in [4.78, 5) is 2.46. The SMILES string of the molecule is BrCc1ccc(N2CCSCC2)cc1Br. The largest absolute Gasteiger partial charge is 0.370 e. The second-order valence-electron chi connectivity index (χ2n) is 3.51. The van der Waals surface area contributed by atoms with Crippen molar-refractivity contribution in [1.29, 1.82) is 0 Å². The molecule has 0 saturated carbocycles. The van der Waals surface area contributed by atoms with Gasteiger partial charge in [0.25, 0.3) is 0 Å². The highest BCUT2D eigenvalue weighted by molar-refractivity contribution is 9.10. The molecular weight excluding hydrogens is 338 g/mol. The first kappa shape index (κ1) is 11.8. The van der Waals surface area contributed by atoms with Gasteiger partial charge in [0.2, 0.25) is 0 Å². The van der Waals surface area contributed by atoms with Crippen LogP contribution in [0.15, 0.2) is 22.7 Å². The lowest BCUT2D eigenvalue weighted by atomic mass is 10.2. The van der Waals surface area contributed by atoms with E-state index in [9.17, 15) is 0 Å². The van der Waals surface area contributed by atoms with Gasteiger partial charge >= 0.3 is 0 Å². The minimum Gasteiger partial charge on any atom is -0.370 e. The van der Waals surface area contributed by atoms with Crippen LogP contribution < -0.4 is 4.90 Å². The van der Waals surface area contributed by atoms with Crippen molar-refractivity contribution in [1.82, 2.24) is 0 Å². The molecule has 15 heavy (non-hydrogen) atoms. The number of hydrogen-bond donors (Lipinski definition) is 0. The third-order valence-corrected chi connectivity index (χ3v) is 4.84. The monoisotopic (exact) mass is 349 g/mol. The molecule has 0 unspecified atom stereocenters. The number of rotatable bonds is 2. The van der Waals surface area contributed by atoms with Gasteiger partial charge in [-0.15, -0.1) is 0 Å². The predicted octanol–water partition coefficient (Wildman–Crippen LogP) is 3.90. The van der Waals surface area contributed by atoms with E-state index in [1.807, 2.05) is 11.8 Å². The number of thioether (sulfide) groups is 1. The minimum atomic E-state index is 0.906. The molecule has 4 heteroatoms. The van der Waals surface area contributed by atoms with Crippen LogP contribution in [0.5, 0.6) is 0 Å². The average molecular weight is 351 g/mol. The summed E-state index contributed by atoms with van der Waals surface area (Å²) in [6.45, 7) is 2.34. The van der Waals surface area contributed by atoms with Gasteiger partial charge in [-0.25, -0.2) is 0 Å². The highest BCUT2D eigenvalue weighted by Gasteiger charge is 2.11. The molecule has 82 valence electrons. The van der Waals surface area contributed by atoms with E-state index in [-0.39, 0.29) is 0 Å². The number of halogens is 2. The maximum absolute atomic E-state index is 3.61. The quantitative estimate of drug-likeness (QED) is 0.744. The van der Waals surface area contributed by atoms with Crippen molar-refractivity contribution in [2.24, 2.45) is 0 Å². The molecular formula is C11H13Br2NS. The van der Waals surface area contributed by atoms with Crippen molar-refractivity contribution >= 4 is 49.3 Å². The van der Waals surface area contributed by atoms with Gasteiger partial charge in [-0.1, -0.05) is 37.9 Å². The molecule has 0 spiro atoms. The van der Waals surface area contributed by atoms with E-state index < -0.39 is 0 Å². The second-order valence-corrected chi connectivity index (χ2v) is 6.15. The van der Waals surface area contributed by atoms with E-state index in [4.69, 9.17) is 0 Å². The highest BCUT2D eigenvalue weighted by Crippen LogP contribution is 2.27. The molecule has 0 bridgehead atoms. The lowest BCUT2D eigenvalue weighted by molar-refractivity contribution is 0.858. The smallest absolute Gasteiger partial charge is 0.0378 e. The Balaban J connectivity index is 2.17. The summed E-state index contributed by atoms with van der Waals surface area (Å²) >= 11 is 9.14. The topological polar surface area (TPSA) is 3.24 Å². The zero-order valence-electron chi connectivity index (χ0n) is 8.38. The van der Waals surface area contributed by atoms with Gasteiger partial charge in [0.1, 0.15) is 0 Å². The van der Waals surface area contributed by atoms with Crippen LogP contribution in [0.2, 0.25) is 0 Å². The number of benzene rings is 1. The summed E-state index contributed by atoms with van der Waals surface area (Å²) in [6.07, 6.45) is 0. The molecule has 1 saturated heterocycles. The van der Waals surface area contributed by atoms with Crippen LogP contribution in [0.4, 0.5) is 5.69 Å². The zero-order chi connectivity index (χ0) is 10.7. The summed E-state index contributed by atoms with van der Waals surface area (Å²) in [7, 11) is 0. The highest BCUT2D eigenvalue weighted by atomic mass is 79.9. The molecule has 0 atom stereocenters. The summed E-state index contributed by atoms with van der Waals surface area (Å²) in [5.74, 6) is 2.50. The van der Waals surface area contributed by atoms with Crippen LogP contribution in [-0.4, -0.2) is 24.6 Å². The van der Waals surface area contributed by atoms with Gasteiger partial charge in [-0.3, -0.25) is 0 Å². The standard InChI is InChI=1S/C11H13Br2NS/c12-8-9-1-2-10(7-11(9)13)14-3-5-15-6-4-14/h1-2,7H,3-6,8H2. The summed E-state index contributed by atoms with van der Waals surface area (Å²) < 4.78 is 1.20. The molecule has 1 aliphatic rings. The molecule has 1 aromatic carbocycles. The number of hydrogen-bond acceptors (Lipinski definition) is 2. The van der Waals surface area contributed by atoms with Crippen LogP contribution in [0.1, 0.15) is 5.56 Å². The Morgan fingerprint density at radius 3 is 2.60 bits per heavy atom. The predicted molar refractivity (Wildman–Crippen MR) is 76.3 cm³/mol. The Labute approximate surface area is 112 Å². The second kappa shape index (κ2) is 5.60. The van der Waals surface area contributed by atoms with Crippen LogP contribution in [-0.2, 0) is 5.33 Å². The first-order valence-corrected chi connectivity index (χ1v) is 8.05. The Kier molecular flexibility index (Phi) is 4.40. The minimum absolute atomic E-state index is 0.906. The number of nitrogens with zero attached hydrogens (tertiary/aromatic N) is 1. The van der Waals surface area contributed by atoms with Gasteiger partial charge in [0, 0.05) is 40.1 Å². The molecule has 0 radical (unpaired) electrons. The molecule has 1 heterocycles. The first-order chi connectivity index (χ1) is 7.31. The fraction of sp³-hybridized carbons (Fsp3) is 0.455. The third kappa shape index (κ3) is 2.92. The van der Waals surface area contributed by atoms with Crippen LogP contribution >= 0.6 is 43.6 Å². The number of alkyl halides is 1. The lowest BCUT2D eigenvalue weighted by Crippen LogP contribution is -2.32. The van der Waals surface area contributed by atoms with Crippen molar-refractivity contribution in [2.75, 3.05) is 29.5 Å². The van der Waals surface area contributed by atoms with Crippen molar-refractivity contribution in [3.63, 3.8) is 0 Å². The molecule has 0 amide bonds. The van der Waals surface area contributed by atoms with E-state index in [0.29, 0.717) is 0 Å². The summed E-state index contributed by atoms with van der Waals surface area (Å²) in [5, 5.41) is 0.906. The Hall–Kier alpha value is 0.330. The Morgan fingerprint density at radius 2 is 2.00 bits per heavy atom. The van der Waals surface area contributed by atoms with Crippen molar-refractivity contribution in [3.8, 4) is 0 Å². The van der Waals surface area contributed by atoms with Gasteiger partial charge in [-0.2, -0.15) is 11.8 Å². The maximum atomic E-state index is 3.61. The molecule has 0 N–H and O–H groups in total. The fourth-order valence-corrected chi connectivity index (χ4v) is 3.94. The summed E-state index contributed by atoms with van der Waals surface area (Å²) in [6, 6.07) is 6.64. The van der Waals surface area contributed by atoms with Crippen LogP contribution in [0.25, 0.3) is 0 Å². The van der Waals surface area contributed by atoms with Crippen molar-refractivity contribution in [3.05, 3.63) is 28.2 Å². The van der Waals surface area contributed by atoms with Gasteiger partial charge in [0.05, 0.1) is 0 Å². The fourth-order valence-electron chi connectivity index (χ4n) is 1.66.